The molecule has 3 heteroatoms. The molecule has 1 aromatic heterocycles. The monoisotopic (exact) mass is 236 g/mol. The molecule has 0 bridgehead atoms. The van der Waals surface area contributed by atoms with Crippen molar-refractivity contribution < 1.29 is 4.39 Å². The highest BCUT2D eigenvalue weighted by atomic mass is 19.1. The molecule has 2 aromatic carbocycles. The molecule has 1 heterocycles. The molecular weight excluding hydrogens is 227 g/mol. The second-order valence-electron chi connectivity index (χ2n) is 4.08. The van der Waals surface area contributed by atoms with E-state index in [1.54, 1.807) is 30.3 Å². The third kappa shape index (κ3) is 1.64. The van der Waals surface area contributed by atoms with Gasteiger partial charge in [-0.05, 0) is 36.4 Å². The predicted octanol–water partition coefficient (Wildman–Crippen LogP) is 3.85. The van der Waals surface area contributed by atoms with Gasteiger partial charge in [-0.1, -0.05) is 12.1 Å². The van der Waals surface area contributed by atoms with E-state index >= 15 is 0 Å². The molecule has 0 aliphatic heterocycles. The molecule has 0 fully saturated rings. The van der Waals surface area contributed by atoms with Crippen LogP contribution in [-0.2, 0) is 0 Å². The van der Waals surface area contributed by atoms with Crippen molar-refractivity contribution in [3.63, 3.8) is 0 Å². The van der Waals surface area contributed by atoms with E-state index in [1.165, 1.54) is 6.07 Å². The van der Waals surface area contributed by atoms with Crippen LogP contribution in [0.3, 0.4) is 0 Å². The van der Waals surface area contributed by atoms with Crippen molar-refractivity contribution >= 4 is 10.9 Å². The van der Waals surface area contributed by atoms with Crippen LogP contribution in [0, 0.1) is 17.1 Å². The van der Waals surface area contributed by atoms with Crippen molar-refractivity contribution in [1.29, 1.82) is 5.26 Å². The van der Waals surface area contributed by atoms with Gasteiger partial charge >= 0.3 is 0 Å². The molecule has 0 spiro atoms. The lowest BCUT2D eigenvalue weighted by atomic mass is 10.1. The third-order valence-electron chi connectivity index (χ3n) is 2.91. The van der Waals surface area contributed by atoms with Crippen LogP contribution in [0.4, 0.5) is 4.39 Å². The molecule has 0 radical (unpaired) electrons. The minimum Gasteiger partial charge on any atom is -0.354 e. The summed E-state index contributed by atoms with van der Waals surface area (Å²) in [5.74, 6) is -0.260. The Kier molecular flexibility index (Phi) is 2.35. The van der Waals surface area contributed by atoms with Gasteiger partial charge in [-0.15, -0.1) is 0 Å². The summed E-state index contributed by atoms with van der Waals surface area (Å²) in [5.41, 5.74) is 2.75. The Morgan fingerprint density at radius 2 is 1.89 bits per heavy atom. The van der Waals surface area contributed by atoms with Gasteiger partial charge in [0, 0.05) is 22.2 Å². The zero-order valence-electron chi connectivity index (χ0n) is 9.44. The molecule has 0 saturated heterocycles. The van der Waals surface area contributed by atoms with Gasteiger partial charge in [-0.2, -0.15) is 5.26 Å². The fraction of sp³-hybridized carbons (Fsp3) is 0. The van der Waals surface area contributed by atoms with Crippen LogP contribution in [0.15, 0.2) is 48.5 Å². The second kappa shape index (κ2) is 4.01. The largest absolute Gasteiger partial charge is 0.354 e. The fourth-order valence-corrected chi connectivity index (χ4v) is 2.03. The van der Waals surface area contributed by atoms with E-state index in [2.05, 4.69) is 11.1 Å². The first-order chi connectivity index (χ1) is 8.78. The molecule has 2 nitrogen and oxygen atoms in total. The van der Waals surface area contributed by atoms with Crippen LogP contribution in [0.5, 0.6) is 0 Å². The first-order valence-electron chi connectivity index (χ1n) is 5.56. The number of aromatic amines is 1. The molecule has 0 amide bonds. The molecular formula is C15H9FN2. The summed E-state index contributed by atoms with van der Waals surface area (Å²) < 4.78 is 13.7. The maximum absolute atomic E-state index is 13.7. The fourth-order valence-electron chi connectivity index (χ4n) is 2.03. The smallest absolute Gasteiger partial charge is 0.132 e. The normalized spacial score (nSPS) is 10.4. The van der Waals surface area contributed by atoms with E-state index in [0.717, 1.165) is 16.6 Å². The van der Waals surface area contributed by atoms with Gasteiger partial charge in [0.05, 0.1) is 11.6 Å². The topological polar surface area (TPSA) is 39.6 Å². The number of rotatable bonds is 1. The Hall–Kier alpha value is -2.60. The minimum atomic E-state index is -0.260. The van der Waals surface area contributed by atoms with Crippen LogP contribution in [0.1, 0.15) is 5.56 Å². The van der Waals surface area contributed by atoms with Crippen LogP contribution in [0.2, 0.25) is 0 Å². The number of hydrogen-bond acceptors (Lipinski definition) is 1. The summed E-state index contributed by atoms with van der Waals surface area (Å²) in [6, 6.07) is 15.9. The zero-order chi connectivity index (χ0) is 12.5. The van der Waals surface area contributed by atoms with Crippen molar-refractivity contribution in [1.82, 2.24) is 4.98 Å². The minimum absolute atomic E-state index is 0.260. The van der Waals surface area contributed by atoms with Crippen LogP contribution < -0.4 is 0 Å². The molecule has 3 rings (SSSR count). The molecule has 86 valence electrons. The number of benzene rings is 2. The number of nitrogens with zero attached hydrogens (tertiary/aromatic N) is 1. The Morgan fingerprint density at radius 3 is 2.67 bits per heavy atom. The van der Waals surface area contributed by atoms with E-state index in [0.29, 0.717) is 11.1 Å². The molecule has 1 N–H and O–H groups in total. The lowest BCUT2D eigenvalue weighted by Crippen LogP contribution is -1.82. The second-order valence-corrected chi connectivity index (χ2v) is 4.08. The van der Waals surface area contributed by atoms with Gasteiger partial charge in [-0.3, -0.25) is 0 Å². The lowest BCUT2D eigenvalue weighted by Gasteiger charge is -1.98. The Bertz CT molecular complexity index is 766. The quantitative estimate of drug-likeness (QED) is 0.685. The maximum atomic E-state index is 13.7. The van der Waals surface area contributed by atoms with Gasteiger partial charge in [-0.25, -0.2) is 4.39 Å². The number of fused-ring (bicyclic) bond motifs is 1. The maximum Gasteiger partial charge on any atom is 0.132 e. The van der Waals surface area contributed by atoms with Crippen molar-refractivity contribution in [3.8, 4) is 17.3 Å². The summed E-state index contributed by atoms with van der Waals surface area (Å²) in [6.45, 7) is 0. The molecule has 3 aromatic rings. The molecule has 0 aliphatic carbocycles. The molecule has 18 heavy (non-hydrogen) atoms. The van der Waals surface area contributed by atoms with Gasteiger partial charge in [0.1, 0.15) is 5.82 Å². The first kappa shape index (κ1) is 10.5. The SMILES string of the molecule is N#Cc1ccc2[nH]c(-c3ccccc3F)cc2c1. The van der Waals surface area contributed by atoms with E-state index in [4.69, 9.17) is 5.26 Å². The Morgan fingerprint density at radius 1 is 1.06 bits per heavy atom. The van der Waals surface area contributed by atoms with Crippen molar-refractivity contribution in [2.45, 2.75) is 0 Å². The summed E-state index contributed by atoms with van der Waals surface area (Å²) in [4.78, 5) is 3.15. The van der Waals surface area contributed by atoms with Gasteiger partial charge in [0.25, 0.3) is 0 Å². The molecule has 0 atom stereocenters. The van der Waals surface area contributed by atoms with Crippen molar-refractivity contribution in [2.75, 3.05) is 0 Å². The molecule has 0 unspecified atom stereocenters. The van der Waals surface area contributed by atoms with E-state index < -0.39 is 0 Å². The van der Waals surface area contributed by atoms with Crippen molar-refractivity contribution in [2.24, 2.45) is 0 Å². The number of nitriles is 1. The van der Waals surface area contributed by atoms with E-state index in [1.807, 2.05) is 12.1 Å². The number of H-pyrrole nitrogens is 1. The van der Waals surface area contributed by atoms with Gasteiger partial charge in [0.2, 0.25) is 0 Å². The van der Waals surface area contributed by atoms with Crippen molar-refractivity contribution in [3.05, 3.63) is 59.9 Å². The molecule has 0 aliphatic rings. The lowest BCUT2D eigenvalue weighted by molar-refractivity contribution is 0.631. The highest BCUT2D eigenvalue weighted by Gasteiger charge is 2.07. The first-order valence-corrected chi connectivity index (χ1v) is 5.56. The predicted molar refractivity (Wildman–Crippen MR) is 68.4 cm³/mol. The van der Waals surface area contributed by atoms with Crippen LogP contribution in [-0.4, -0.2) is 4.98 Å². The van der Waals surface area contributed by atoms with Gasteiger partial charge < -0.3 is 4.98 Å². The van der Waals surface area contributed by atoms with Crippen LogP contribution in [0.25, 0.3) is 22.2 Å². The molecule has 0 saturated carbocycles. The third-order valence-corrected chi connectivity index (χ3v) is 2.91. The van der Waals surface area contributed by atoms with E-state index in [9.17, 15) is 4.39 Å². The standard InChI is InChI=1S/C15H9FN2/c16-13-4-2-1-3-12(13)15-8-11-7-10(9-17)5-6-14(11)18-15/h1-8,18H. The highest BCUT2D eigenvalue weighted by Crippen LogP contribution is 2.26. The zero-order valence-corrected chi connectivity index (χ0v) is 9.44. The summed E-state index contributed by atoms with van der Waals surface area (Å²) in [7, 11) is 0. The van der Waals surface area contributed by atoms with Gasteiger partial charge in [0.15, 0.2) is 0 Å². The summed E-state index contributed by atoms with van der Waals surface area (Å²) >= 11 is 0. The highest BCUT2D eigenvalue weighted by molar-refractivity contribution is 5.86. The number of halogens is 1. The van der Waals surface area contributed by atoms with Crippen LogP contribution >= 0.6 is 0 Å². The number of nitrogens with one attached hydrogen (secondary N) is 1. The van der Waals surface area contributed by atoms with E-state index in [-0.39, 0.29) is 5.82 Å². The Balaban J connectivity index is 2.20. The number of hydrogen-bond donors (Lipinski definition) is 1. The average molecular weight is 236 g/mol. The average Bonchev–Trinajstić information content (AvgIpc) is 2.81. The number of aromatic nitrogens is 1. The summed E-state index contributed by atoms with van der Waals surface area (Å²) in [6.07, 6.45) is 0. The Labute approximate surface area is 103 Å². The summed E-state index contributed by atoms with van der Waals surface area (Å²) in [5, 5.41) is 9.75.